The van der Waals surface area contributed by atoms with Gasteiger partial charge < -0.3 is 15.4 Å². The maximum absolute atomic E-state index is 12.6. The molecule has 4 amide bonds. The number of hydrogen-bond donors (Lipinski definition) is 3. The quantitative estimate of drug-likeness (QED) is 0.697. The van der Waals surface area contributed by atoms with Crippen molar-refractivity contribution in [3.63, 3.8) is 0 Å². The van der Waals surface area contributed by atoms with Crippen molar-refractivity contribution in [2.24, 2.45) is 0 Å². The van der Waals surface area contributed by atoms with E-state index >= 15 is 0 Å². The van der Waals surface area contributed by atoms with Gasteiger partial charge in [-0.05, 0) is 55.8 Å². The number of methoxy groups -OCH3 is 1. The summed E-state index contributed by atoms with van der Waals surface area (Å²) in [6.45, 7) is 0.595. The Labute approximate surface area is 169 Å². The SMILES string of the molecule is COc1ccc(NC(=O)[C@@H]2CCCN2CC(=O)NC(=O)Nc2ccccc2)cc1. The summed E-state index contributed by atoms with van der Waals surface area (Å²) < 4.78 is 5.11. The van der Waals surface area contributed by atoms with E-state index in [1.54, 1.807) is 60.5 Å². The molecule has 8 nitrogen and oxygen atoms in total. The molecule has 0 bridgehead atoms. The fraction of sp³-hybridized carbons (Fsp3) is 0.286. The lowest BCUT2D eigenvalue weighted by Crippen LogP contribution is -2.46. The zero-order chi connectivity index (χ0) is 20.6. The van der Waals surface area contributed by atoms with E-state index in [4.69, 9.17) is 4.74 Å². The van der Waals surface area contributed by atoms with E-state index in [1.165, 1.54) is 0 Å². The van der Waals surface area contributed by atoms with Gasteiger partial charge in [0.05, 0.1) is 19.7 Å². The van der Waals surface area contributed by atoms with Gasteiger partial charge in [0, 0.05) is 11.4 Å². The highest BCUT2D eigenvalue weighted by Gasteiger charge is 2.32. The Hall–Kier alpha value is -3.39. The van der Waals surface area contributed by atoms with Crippen LogP contribution in [0.2, 0.25) is 0 Å². The average molecular weight is 396 g/mol. The van der Waals surface area contributed by atoms with Gasteiger partial charge in [0.25, 0.3) is 0 Å². The van der Waals surface area contributed by atoms with Gasteiger partial charge in [0.15, 0.2) is 0 Å². The number of rotatable bonds is 6. The summed E-state index contributed by atoms with van der Waals surface area (Å²) in [5.74, 6) is 0.0766. The van der Waals surface area contributed by atoms with E-state index in [9.17, 15) is 14.4 Å². The van der Waals surface area contributed by atoms with Crippen molar-refractivity contribution >= 4 is 29.2 Å². The fourth-order valence-corrected chi connectivity index (χ4v) is 3.25. The molecule has 2 aromatic carbocycles. The maximum atomic E-state index is 12.6. The third-order valence-corrected chi connectivity index (χ3v) is 4.66. The number of carbonyl (C=O) groups excluding carboxylic acids is 3. The molecule has 0 unspecified atom stereocenters. The maximum Gasteiger partial charge on any atom is 0.325 e. The normalized spacial score (nSPS) is 16.1. The average Bonchev–Trinajstić information content (AvgIpc) is 3.17. The van der Waals surface area contributed by atoms with Crippen molar-refractivity contribution in [1.29, 1.82) is 0 Å². The number of likely N-dealkylation sites (tertiary alicyclic amines) is 1. The summed E-state index contributed by atoms with van der Waals surface area (Å²) in [6, 6.07) is 14.9. The summed E-state index contributed by atoms with van der Waals surface area (Å²) in [6.07, 6.45) is 1.47. The number of benzene rings is 2. The Morgan fingerprint density at radius 3 is 2.38 bits per heavy atom. The second-order valence-electron chi connectivity index (χ2n) is 6.71. The first-order valence-corrected chi connectivity index (χ1v) is 9.40. The number of imide groups is 1. The molecule has 2 aromatic rings. The lowest BCUT2D eigenvalue weighted by atomic mass is 10.2. The minimum absolute atomic E-state index is 0.0249. The summed E-state index contributed by atoms with van der Waals surface area (Å²) in [4.78, 5) is 38.6. The van der Waals surface area contributed by atoms with E-state index in [0.29, 0.717) is 30.1 Å². The molecule has 1 saturated heterocycles. The number of ether oxygens (including phenoxy) is 1. The second-order valence-corrected chi connectivity index (χ2v) is 6.71. The van der Waals surface area contributed by atoms with Crippen LogP contribution in [0, 0.1) is 0 Å². The number of hydrogen-bond acceptors (Lipinski definition) is 5. The topological polar surface area (TPSA) is 99.8 Å². The number of para-hydroxylation sites is 1. The zero-order valence-electron chi connectivity index (χ0n) is 16.2. The molecule has 1 fully saturated rings. The van der Waals surface area contributed by atoms with E-state index in [-0.39, 0.29) is 12.5 Å². The summed E-state index contributed by atoms with van der Waals surface area (Å²) in [7, 11) is 1.58. The van der Waals surface area contributed by atoms with Gasteiger partial charge in [0.1, 0.15) is 5.75 Å². The van der Waals surface area contributed by atoms with Gasteiger partial charge >= 0.3 is 6.03 Å². The first-order valence-electron chi connectivity index (χ1n) is 9.40. The van der Waals surface area contributed by atoms with E-state index in [0.717, 1.165) is 6.42 Å². The molecule has 1 aliphatic rings. The monoisotopic (exact) mass is 396 g/mol. The molecule has 0 aromatic heterocycles. The highest BCUT2D eigenvalue weighted by atomic mass is 16.5. The third-order valence-electron chi connectivity index (χ3n) is 4.66. The zero-order valence-corrected chi connectivity index (χ0v) is 16.2. The standard InChI is InChI=1S/C21H24N4O4/c1-29-17-11-9-16(10-12-17)22-20(27)18-8-5-13-25(18)14-19(26)24-21(28)23-15-6-3-2-4-7-15/h2-4,6-7,9-12,18H,5,8,13-14H2,1H3,(H,22,27)(H2,23,24,26,28)/t18-/m0/s1. The smallest absolute Gasteiger partial charge is 0.325 e. The van der Waals surface area contributed by atoms with E-state index in [2.05, 4.69) is 16.0 Å². The Morgan fingerprint density at radius 2 is 1.69 bits per heavy atom. The number of urea groups is 1. The van der Waals surface area contributed by atoms with Gasteiger partial charge in [-0.15, -0.1) is 0 Å². The fourth-order valence-electron chi connectivity index (χ4n) is 3.25. The van der Waals surface area contributed by atoms with Gasteiger partial charge in [-0.2, -0.15) is 0 Å². The van der Waals surface area contributed by atoms with Crippen LogP contribution < -0.4 is 20.7 Å². The summed E-state index contributed by atoms with van der Waals surface area (Å²) in [5, 5.41) is 7.76. The molecule has 0 saturated carbocycles. The Morgan fingerprint density at radius 1 is 1.00 bits per heavy atom. The Bertz CT molecular complexity index is 855. The molecule has 0 radical (unpaired) electrons. The van der Waals surface area contributed by atoms with Crippen LogP contribution in [-0.4, -0.2) is 49.0 Å². The van der Waals surface area contributed by atoms with Crippen LogP contribution in [0.1, 0.15) is 12.8 Å². The van der Waals surface area contributed by atoms with Gasteiger partial charge in [0.2, 0.25) is 11.8 Å². The van der Waals surface area contributed by atoms with Gasteiger partial charge in [-0.25, -0.2) is 4.79 Å². The molecular weight excluding hydrogens is 372 g/mol. The van der Waals surface area contributed by atoms with Gasteiger partial charge in [-0.3, -0.25) is 19.8 Å². The van der Waals surface area contributed by atoms with Crippen LogP contribution in [0.5, 0.6) is 5.75 Å². The highest BCUT2D eigenvalue weighted by molar-refractivity contribution is 6.02. The van der Waals surface area contributed by atoms with E-state index < -0.39 is 18.0 Å². The second kappa shape index (κ2) is 9.70. The van der Waals surface area contributed by atoms with Crippen molar-refractivity contribution < 1.29 is 19.1 Å². The van der Waals surface area contributed by atoms with Crippen molar-refractivity contribution in [1.82, 2.24) is 10.2 Å². The number of amides is 4. The van der Waals surface area contributed by atoms with Crippen LogP contribution in [0.4, 0.5) is 16.2 Å². The highest BCUT2D eigenvalue weighted by Crippen LogP contribution is 2.20. The summed E-state index contributed by atoms with van der Waals surface area (Å²) >= 11 is 0. The first-order chi connectivity index (χ1) is 14.0. The van der Waals surface area contributed by atoms with Crippen molar-refractivity contribution in [3.05, 3.63) is 54.6 Å². The molecule has 1 atom stereocenters. The molecule has 0 aliphatic carbocycles. The Kier molecular flexibility index (Phi) is 6.80. The molecule has 152 valence electrons. The molecule has 1 aliphatic heterocycles. The third kappa shape index (κ3) is 5.79. The predicted octanol–water partition coefficient (Wildman–Crippen LogP) is 2.45. The minimum Gasteiger partial charge on any atom is -0.497 e. The molecule has 1 heterocycles. The molecule has 29 heavy (non-hydrogen) atoms. The number of anilines is 2. The van der Waals surface area contributed by atoms with Gasteiger partial charge in [-0.1, -0.05) is 18.2 Å². The molecule has 8 heteroatoms. The van der Waals surface area contributed by atoms with E-state index in [1.807, 2.05) is 6.07 Å². The molecular formula is C21H24N4O4. The Balaban J connectivity index is 1.50. The number of carbonyl (C=O) groups is 3. The molecule has 3 N–H and O–H groups in total. The first kappa shape index (κ1) is 20.3. The lowest BCUT2D eigenvalue weighted by molar-refractivity contribution is -0.124. The summed E-state index contributed by atoms with van der Waals surface area (Å²) in [5.41, 5.74) is 1.25. The lowest BCUT2D eigenvalue weighted by Gasteiger charge is -2.23. The number of nitrogens with zero attached hydrogens (tertiary/aromatic N) is 1. The van der Waals surface area contributed by atoms with Crippen molar-refractivity contribution in [2.45, 2.75) is 18.9 Å². The largest absolute Gasteiger partial charge is 0.497 e. The molecule has 3 rings (SSSR count). The van der Waals surface area contributed by atoms with Crippen LogP contribution in [0.3, 0.4) is 0 Å². The predicted molar refractivity (Wildman–Crippen MR) is 110 cm³/mol. The van der Waals surface area contributed by atoms with Crippen LogP contribution >= 0.6 is 0 Å². The molecule has 0 spiro atoms. The van der Waals surface area contributed by atoms with Crippen molar-refractivity contribution in [3.8, 4) is 5.75 Å². The van der Waals surface area contributed by atoms with Crippen LogP contribution in [0.15, 0.2) is 54.6 Å². The minimum atomic E-state index is -0.598. The van der Waals surface area contributed by atoms with Crippen LogP contribution in [0.25, 0.3) is 0 Å². The van der Waals surface area contributed by atoms with Crippen molar-refractivity contribution in [2.75, 3.05) is 30.8 Å². The number of nitrogens with one attached hydrogen (secondary N) is 3. The van der Waals surface area contributed by atoms with Crippen LogP contribution in [-0.2, 0) is 9.59 Å².